The van der Waals surface area contributed by atoms with E-state index < -0.39 is 11.8 Å². The van der Waals surface area contributed by atoms with E-state index in [4.69, 9.17) is 0 Å². The highest BCUT2D eigenvalue weighted by Gasteiger charge is 2.23. The number of aryl methyl sites for hydroxylation is 1. The van der Waals surface area contributed by atoms with Crippen molar-refractivity contribution in [2.75, 3.05) is 0 Å². The molecule has 2 rings (SSSR count). The lowest BCUT2D eigenvalue weighted by atomic mass is 9.84. The quantitative estimate of drug-likeness (QED) is 0.840. The fraction of sp³-hybridized carbons (Fsp3) is 0.556. The first-order valence-electron chi connectivity index (χ1n) is 8.23. The highest BCUT2D eigenvalue weighted by atomic mass is 16.2. The van der Waals surface area contributed by atoms with Crippen molar-refractivity contribution < 1.29 is 9.59 Å². The summed E-state index contributed by atoms with van der Waals surface area (Å²) in [4.78, 5) is 23.8. The molecule has 4 nitrogen and oxygen atoms in total. The molecule has 1 aromatic carbocycles. The third-order valence-electron chi connectivity index (χ3n) is 4.67. The molecule has 0 saturated heterocycles. The number of hydrogen-bond acceptors (Lipinski definition) is 2. The molecule has 0 bridgehead atoms. The number of rotatable bonds is 4. The molecule has 1 fully saturated rings. The van der Waals surface area contributed by atoms with E-state index in [9.17, 15) is 9.59 Å². The summed E-state index contributed by atoms with van der Waals surface area (Å²) in [5.74, 6) is -0.266. The fourth-order valence-corrected chi connectivity index (χ4v) is 3.03. The van der Waals surface area contributed by atoms with Gasteiger partial charge in [0.2, 0.25) is 0 Å². The van der Waals surface area contributed by atoms with Crippen LogP contribution in [0.1, 0.15) is 50.2 Å². The minimum absolute atomic E-state index is 0.152. The number of hydrogen-bond donors (Lipinski definition) is 2. The molecule has 120 valence electrons. The van der Waals surface area contributed by atoms with Gasteiger partial charge in [0, 0.05) is 12.6 Å². The standard InChI is InChI=1S/C18H26N2O2/c1-3-14-8-10-16(11-9-14)20-18(22)17(21)19-12-15-7-5-4-6-13(15)2/h4-7,14,16H,3,8-12H2,1-2H3,(H,19,21)(H,20,22). The molecule has 1 aliphatic rings. The van der Waals surface area contributed by atoms with Crippen molar-refractivity contribution in [1.29, 1.82) is 0 Å². The maximum Gasteiger partial charge on any atom is 0.309 e. The summed E-state index contributed by atoms with van der Waals surface area (Å²) >= 11 is 0. The van der Waals surface area contributed by atoms with Crippen LogP contribution in [0.3, 0.4) is 0 Å². The normalized spacial score (nSPS) is 21.2. The lowest BCUT2D eigenvalue weighted by Crippen LogP contribution is -2.45. The number of nitrogens with one attached hydrogen (secondary N) is 2. The lowest BCUT2D eigenvalue weighted by molar-refractivity contribution is -0.139. The molecule has 0 spiro atoms. The molecule has 0 heterocycles. The van der Waals surface area contributed by atoms with Gasteiger partial charge in [-0.3, -0.25) is 9.59 Å². The highest BCUT2D eigenvalue weighted by molar-refractivity contribution is 6.35. The van der Waals surface area contributed by atoms with Crippen LogP contribution in [0.2, 0.25) is 0 Å². The average Bonchev–Trinajstić information content (AvgIpc) is 2.54. The van der Waals surface area contributed by atoms with Gasteiger partial charge in [-0.1, -0.05) is 37.6 Å². The molecular weight excluding hydrogens is 276 g/mol. The Kier molecular flexibility index (Phi) is 5.99. The Bertz CT molecular complexity index is 520. The van der Waals surface area contributed by atoms with Gasteiger partial charge in [0.25, 0.3) is 0 Å². The van der Waals surface area contributed by atoms with Gasteiger partial charge in [-0.25, -0.2) is 0 Å². The SMILES string of the molecule is CCC1CCC(NC(=O)C(=O)NCc2ccccc2C)CC1. The highest BCUT2D eigenvalue weighted by Crippen LogP contribution is 2.26. The van der Waals surface area contributed by atoms with Crippen molar-refractivity contribution >= 4 is 11.8 Å². The van der Waals surface area contributed by atoms with Crippen LogP contribution in [-0.4, -0.2) is 17.9 Å². The molecule has 0 aliphatic heterocycles. The largest absolute Gasteiger partial charge is 0.345 e. The molecule has 0 unspecified atom stereocenters. The van der Waals surface area contributed by atoms with E-state index in [1.165, 1.54) is 6.42 Å². The van der Waals surface area contributed by atoms with Gasteiger partial charge < -0.3 is 10.6 Å². The van der Waals surface area contributed by atoms with E-state index in [1.807, 2.05) is 31.2 Å². The first-order chi connectivity index (χ1) is 10.6. The van der Waals surface area contributed by atoms with Gasteiger partial charge in [0.05, 0.1) is 0 Å². The van der Waals surface area contributed by atoms with Gasteiger partial charge >= 0.3 is 11.8 Å². The van der Waals surface area contributed by atoms with Crippen LogP contribution in [0.4, 0.5) is 0 Å². The third-order valence-corrected chi connectivity index (χ3v) is 4.67. The van der Waals surface area contributed by atoms with E-state index in [0.717, 1.165) is 42.7 Å². The molecule has 4 heteroatoms. The Morgan fingerprint density at radius 1 is 1.09 bits per heavy atom. The van der Waals surface area contributed by atoms with Gasteiger partial charge in [-0.2, -0.15) is 0 Å². The minimum Gasteiger partial charge on any atom is -0.345 e. The molecule has 1 saturated carbocycles. The third kappa shape index (κ3) is 4.58. The molecule has 0 aromatic heterocycles. The zero-order chi connectivity index (χ0) is 15.9. The van der Waals surface area contributed by atoms with Gasteiger partial charge in [-0.05, 0) is 49.7 Å². The summed E-state index contributed by atoms with van der Waals surface area (Å²) < 4.78 is 0. The Hall–Kier alpha value is -1.84. The number of amides is 2. The van der Waals surface area contributed by atoms with Crippen LogP contribution in [-0.2, 0) is 16.1 Å². The predicted octanol–water partition coefficient (Wildman–Crippen LogP) is 2.70. The summed E-state index contributed by atoms with van der Waals surface area (Å²) in [7, 11) is 0. The topological polar surface area (TPSA) is 58.2 Å². The molecule has 2 N–H and O–H groups in total. The monoisotopic (exact) mass is 302 g/mol. The summed E-state index contributed by atoms with van der Waals surface area (Å²) in [5, 5.41) is 5.56. The van der Waals surface area contributed by atoms with E-state index in [1.54, 1.807) is 0 Å². The van der Waals surface area contributed by atoms with Crippen LogP contribution >= 0.6 is 0 Å². The first kappa shape index (κ1) is 16.5. The zero-order valence-corrected chi connectivity index (χ0v) is 13.5. The molecule has 22 heavy (non-hydrogen) atoms. The molecule has 1 aliphatic carbocycles. The zero-order valence-electron chi connectivity index (χ0n) is 13.5. The second-order valence-corrected chi connectivity index (χ2v) is 6.21. The van der Waals surface area contributed by atoms with Gasteiger partial charge in [-0.15, -0.1) is 0 Å². The van der Waals surface area contributed by atoms with Crippen molar-refractivity contribution in [2.24, 2.45) is 5.92 Å². The fourth-order valence-electron chi connectivity index (χ4n) is 3.03. The van der Waals surface area contributed by atoms with Crippen LogP contribution in [0, 0.1) is 12.8 Å². The maximum absolute atomic E-state index is 11.9. The second-order valence-electron chi connectivity index (χ2n) is 6.21. The first-order valence-corrected chi connectivity index (χ1v) is 8.23. The Labute approximate surface area is 132 Å². The summed E-state index contributed by atoms with van der Waals surface area (Å²) in [5.41, 5.74) is 2.15. The Balaban J connectivity index is 1.76. The van der Waals surface area contributed by atoms with Crippen molar-refractivity contribution in [3.63, 3.8) is 0 Å². The van der Waals surface area contributed by atoms with E-state index >= 15 is 0 Å². The van der Waals surface area contributed by atoms with Crippen LogP contribution in [0.15, 0.2) is 24.3 Å². The van der Waals surface area contributed by atoms with Crippen molar-refractivity contribution in [1.82, 2.24) is 10.6 Å². The minimum atomic E-state index is -0.541. The summed E-state index contributed by atoms with van der Waals surface area (Å²) in [6.45, 7) is 4.60. The number of carbonyl (C=O) groups is 2. The summed E-state index contributed by atoms with van der Waals surface area (Å²) in [6.07, 6.45) is 5.46. The van der Waals surface area contributed by atoms with Gasteiger partial charge in [0.1, 0.15) is 0 Å². The van der Waals surface area contributed by atoms with Crippen LogP contribution in [0.5, 0.6) is 0 Å². The van der Waals surface area contributed by atoms with Crippen LogP contribution in [0.25, 0.3) is 0 Å². The Morgan fingerprint density at radius 2 is 1.77 bits per heavy atom. The Morgan fingerprint density at radius 3 is 2.41 bits per heavy atom. The van der Waals surface area contributed by atoms with Crippen molar-refractivity contribution in [3.05, 3.63) is 35.4 Å². The van der Waals surface area contributed by atoms with E-state index in [0.29, 0.717) is 6.54 Å². The summed E-state index contributed by atoms with van der Waals surface area (Å²) in [6, 6.07) is 7.99. The van der Waals surface area contributed by atoms with Gasteiger partial charge in [0.15, 0.2) is 0 Å². The molecule has 2 amide bonds. The maximum atomic E-state index is 11.9. The second kappa shape index (κ2) is 7.97. The average molecular weight is 302 g/mol. The van der Waals surface area contributed by atoms with E-state index in [2.05, 4.69) is 17.6 Å². The predicted molar refractivity (Wildman–Crippen MR) is 87.2 cm³/mol. The lowest BCUT2D eigenvalue weighted by Gasteiger charge is -2.28. The number of carbonyl (C=O) groups excluding carboxylic acids is 2. The van der Waals surface area contributed by atoms with Crippen molar-refractivity contribution in [2.45, 2.75) is 58.5 Å². The van der Waals surface area contributed by atoms with Crippen molar-refractivity contribution in [3.8, 4) is 0 Å². The number of benzene rings is 1. The molecule has 0 radical (unpaired) electrons. The van der Waals surface area contributed by atoms with E-state index in [-0.39, 0.29) is 6.04 Å². The van der Waals surface area contributed by atoms with Crippen LogP contribution < -0.4 is 10.6 Å². The molecule has 0 atom stereocenters. The molecule has 1 aromatic rings. The smallest absolute Gasteiger partial charge is 0.309 e. The molecular formula is C18H26N2O2.